The van der Waals surface area contributed by atoms with Crippen LogP contribution in [0.3, 0.4) is 0 Å². The highest BCUT2D eigenvalue weighted by molar-refractivity contribution is 5.88. The largest absolute Gasteiger partial charge is 0.352 e. The first kappa shape index (κ1) is 14.9. The average molecular weight is 228 g/mol. The van der Waals surface area contributed by atoms with Gasteiger partial charge in [0.2, 0.25) is 11.8 Å². The molecule has 0 aromatic heterocycles. The molecular weight excluding hydrogens is 204 g/mol. The van der Waals surface area contributed by atoms with Crippen LogP contribution in [0.1, 0.15) is 41.5 Å². The first-order valence-corrected chi connectivity index (χ1v) is 5.86. The third kappa shape index (κ3) is 5.14. The second-order valence-electron chi connectivity index (χ2n) is 5.05. The van der Waals surface area contributed by atoms with E-state index in [0.29, 0.717) is 0 Å². The lowest BCUT2D eigenvalue weighted by molar-refractivity contribution is -0.131. The van der Waals surface area contributed by atoms with Crippen LogP contribution in [-0.2, 0) is 9.59 Å². The maximum Gasteiger partial charge on any atom is 0.243 e. The molecule has 0 unspecified atom stereocenters. The van der Waals surface area contributed by atoms with Crippen LogP contribution in [0.5, 0.6) is 0 Å². The van der Waals surface area contributed by atoms with Crippen LogP contribution >= 0.6 is 0 Å². The van der Waals surface area contributed by atoms with Crippen LogP contribution in [0.25, 0.3) is 0 Å². The molecule has 0 bridgehead atoms. The van der Waals surface area contributed by atoms with Crippen LogP contribution in [0.2, 0.25) is 0 Å². The minimum Gasteiger partial charge on any atom is -0.352 e. The molecule has 0 aromatic carbocycles. The molecule has 4 heteroatoms. The van der Waals surface area contributed by atoms with Gasteiger partial charge in [0.1, 0.15) is 6.04 Å². The van der Waals surface area contributed by atoms with Gasteiger partial charge in [-0.25, -0.2) is 0 Å². The van der Waals surface area contributed by atoms with E-state index in [1.54, 1.807) is 0 Å². The summed E-state index contributed by atoms with van der Waals surface area (Å²) in [5, 5.41) is 5.58. The minimum absolute atomic E-state index is 0.0847. The highest BCUT2D eigenvalue weighted by Crippen LogP contribution is 2.04. The molecule has 0 aliphatic rings. The maximum atomic E-state index is 11.8. The molecule has 0 saturated carbocycles. The summed E-state index contributed by atoms with van der Waals surface area (Å²) >= 11 is 0. The summed E-state index contributed by atoms with van der Waals surface area (Å²) in [5.41, 5.74) is 0. The fraction of sp³-hybridized carbons (Fsp3) is 0.833. The predicted octanol–water partition coefficient (Wildman–Crippen LogP) is 1.31. The molecule has 2 amide bonds. The SMILES string of the molecule is CC(C)NC(=O)[C@@H](NC(=O)C(C)C)C(C)C. The standard InChI is InChI=1S/C12H24N2O2/c1-7(2)10(12(16)13-9(5)6)14-11(15)8(3)4/h7-10H,1-6H3,(H,13,16)(H,14,15)/t10-/m0/s1. The Morgan fingerprint density at radius 1 is 0.812 bits per heavy atom. The van der Waals surface area contributed by atoms with E-state index in [1.807, 2.05) is 41.5 Å². The number of carbonyl (C=O) groups is 2. The number of hydrogen-bond donors (Lipinski definition) is 2. The molecule has 4 nitrogen and oxygen atoms in total. The number of carbonyl (C=O) groups excluding carboxylic acids is 2. The van der Waals surface area contributed by atoms with Crippen molar-refractivity contribution in [2.45, 2.75) is 53.6 Å². The highest BCUT2D eigenvalue weighted by atomic mass is 16.2. The Labute approximate surface area is 98.2 Å². The van der Waals surface area contributed by atoms with Crippen LogP contribution in [0.4, 0.5) is 0 Å². The smallest absolute Gasteiger partial charge is 0.243 e. The average Bonchev–Trinajstić information content (AvgIpc) is 2.11. The number of hydrogen-bond acceptors (Lipinski definition) is 2. The Bertz CT molecular complexity index is 247. The summed E-state index contributed by atoms with van der Waals surface area (Å²) in [4.78, 5) is 23.4. The summed E-state index contributed by atoms with van der Waals surface area (Å²) in [7, 11) is 0. The predicted molar refractivity (Wildman–Crippen MR) is 64.9 cm³/mol. The van der Waals surface area contributed by atoms with Crippen molar-refractivity contribution in [3.8, 4) is 0 Å². The van der Waals surface area contributed by atoms with Gasteiger partial charge in [0.05, 0.1) is 0 Å². The van der Waals surface area contributed by atoms with Gasteiger partial charge >= 0.3 is 0 Å². The lowest BCUT2D eigenvalue weighted by Crippen LogP contribution is -2.52. The lowest BCUT2D eigenvalue weighted by atomic mass is 10.0. The quantitative estimate of drug-likeness (QED) is 0.745. The molecule has 0 saturated heterocycles. The molecule has 0 aliphatic carbocycles. The monoisotopic (exact) mass is 228 g/mol. The summed E-state index contributed by atoms with van der Waals surface area (Å²) in [6.07, 6.45) is 0. The van der Waals surface area contributed by atoms with E-state index in [4.69, 9.17) is 0 Å². The summed E-state index contributed by atoms with van der Waals surface area (Å²) in [6.45, 7) is 11.3. The Hall–Kier alpha value is -1.06. The van der Waals surface area contributed by atoms with Gasteiger partial charge in [-0.2, -0.15) is 0 Å². The fourth-order valence-corrected chi connectivity index (χ4v) is 1.23. The van der Waals surface area contributed by atoms with Crippen molar-refractivity contribution in [1.29, 1.82) is 0 Å². The number of rotatable bonds is 5. The van der Waals surface area contributed by atoms with E-state index in [-0.39, 0.29) is 29.7 Å². The molecule has 94 valence electrons. The third-order valence-electron chi connectivity index (χ3n) is 2.20. The van der Waals surface area contributed by atoms with Crippen molar-refractivity contribution in [3.63, 3.8) is 0 Å². The third-order valence-corrected chi connectivity index (χ3v) is 2.20. The highest BCUT2D eigenvalue weighted by Gasteiger charge is 2.25. The van der Waals surface area contributed by atoms with Gasteiger partial charge in [-0.3, -0.25) is 9.59 Å². The zero-order valence-electron chi connectivity index (χ0n) is 11.1. The van der Waals surface area contributed by atoms with E-state index in [2.05, 4.69) is 10.6 Å². The molecule has 0 radical (unpaired) electrons. The molecule has 1 atom stereocenters. The molecule has 0 fully saturated rings. The van der Waals surface area contributed by atoms with Crippen LogP contribution in [0, 0.1) is 11.8 Å². The first-order valence-electron chi connectivity index (χ1n) is 5.86. The molecular formula is C12H24N2O2. The van der Waals surface area contributed by atoms with Gasteiger partial charge < -0.3 is 10.6 Å². The van der Waals surface area contributed by atoms with Crippen molar-refractivity contribution in [2.75, 3.05) is 0 Å². The Morgan fingerprint density at radius 2 is 1.31 bits per heavy atom. The van der Waals surface area contributed by atoms with Crippen molar-refractivity contribution in [2.24, 2.45) is 11.8 Å². The lowest BCUT2D eigenvalue weighted by Gasteiger charge is -2.23. The number of amides is 2. The molecule has 0 aliphatic heterocycles. The van der Waals surface area contributed by atoms with E-state index in [9.17, 15) is 9.59 Å². The topological polar surface area (TPSA) is 58.2 Å². The summed E-state index contributed by atoms with van der Waals surface area (Å²) in [5.74, 6) is -0.217. The van der Waals surface area contributed by atoms with Crippen molar-refractivity contribution in [3.05, 3.63) is 0 Å². The van der Waals surface area contributed by atoms with Gasteiger partial charge in [0, 0.05) is 12.0 Å². The normalized spacial score (nSPS) is 13.1. The number of nitrogens with one attached hydrogen (secondary N) is 2. The molecule has 0 heterocycles. The minimum atomic E-state index is -0.447. The van der Waals surface area contributed by atoms with Crippen molar-refractivity contribution >= 4 is 11.8 Å². The van der Waals surface area contributed by atoms with E-state index >= 15 is 0 Å². The Kier molecular flexibility index (Phi) is 6.08. The van der Waals surface area contributed by atoms with Crippen LogP contribution < -0.4 is 10.6 Å². The zero-order valence-corrected chi connectivity index (χ0v) is 11.1. The van der Waals surface area contributed by atoms with Gasteiger partial charge in [0.25, 0.3) is 0 Å². The molecule has 16 heavy (non-hydrogen) atoms. The zero-order chi connectivity index (χ0) is 12.9. The van der Waals surface area contributed by atoms with E-state index < -0.39 is 6.04 Å². The van der Waals surface area contributed by atoms with Gasteiger partial charge in [-0.05, 0) is 19.8 Å². The second-order valence-corrected chi connectivity index (χ2v) is 5.05. The maximum absolute atomic E-state index is 11.8. The molecule has 0 rings (SSSR count). The summed E-state index contributed by atoms with van der Waals surface area (Å²) in [6, 6.07) is -0.359. The molecule has 0 spiro atoms. The second kappa shape index (κ2) is 6.51. The van der Waals surface area contributed by atoms with Gasteiger partial charge in [-0.1, -0.05) is 27.7 Å². The van der Waals surface area contributed by atoms with Gasteiger partial charge in [-0.15, -0.1) is 0 Å². The summed E-state index contributed by atoms with van der Waals surface area (Å²) < 4.78 is 0. The first-order chi connectivity index (χ1) is 7.25. The van der Waals surface area contributed by atoms with Gasteiger partial charge in [0.15, 0.2) is 0 Å². The Balaban J connectivity index is 4.50. The van der Waals surface area contributed by atoms with E-state index in [0.717, 1.165) is 0 Å². The fourth-order valence-electron chi connectivity index (χ4n) is 1.23. The van der Waals surface area contributed by atoms with Crippen molar-refractivity contribution < 1.29 is 9.59 Å². The van der Waals surface area contributed by atoms with Crippen LogP contribution in [0.15, 0.2) is 0 Å². The van der Waals surface area contributed by atoms with Crippen LogP contribution in [-0.4, -0.2) is 23.9 Å². The molecule has 2 N–H and O–H groups in total. The Morgan fingerprint density at radius 3 is 1.62 bits per heavy atom. The van der Waals surface area contributed by atoms with Crippen molar-refractivity contribution in [1.82, 2.24) is 10.6 Å². The molecule has 0 aromatic rings. The van der Waals surface area contributed by atoms with E-state index in [1.165, 1.54) is 0 Å².